The molecule has 10 heteroatoms. The molecule has 0 spiro atoms. The normalized spacial score (nSPS) is 10.8. The average molecular weight is 487 g/mol. The smallest absolute Gasteiger partial charge is 0.251 e. The second kappa shape index (κ2) is 12.2. The molecular weight excluding hydrogens is 459 g/mol. The second-order valence-corrected chi connectivity index (χ2v) is 7.76. The minimum Gasteiger partial charge on any atom is -0.495 e. The van der Waals surface area contributed by atoms with Crippen LogP contribution in [-0.2, 0) is 0 Å². The molecule has 1 heterocycles. The van der Waals surface area contributed by atoms with Crippen molar-refractivity contribution in [2.45, 2.75) is 13.8 Å². The first-order chi connectivity index (χ1) is 16.4. The second-order valence-electron chi connectivity index (χ2n) is 7.35. The Labute approximate surface area is 203 Å². The van der Waals surface area contributed by atoms with Gasteiger partial charge in [-0.1, -0.05) is 25.4 Å². The standard InChI is InChI=1S/C24H28ClFN6O2/c1-4-32(5-2)13-12-27-23(33)16-6-8-17(9-7-16)30-24-28-15-20(26)22(31-24)29-18-10-11-19(25)21(14-18)34-3/h6-11,14-15H,4-5,12-13H2,1-3H3,(H,27,33)(H2,28,29,30,31). The zero-order valence-corrected chi connectivity index (χ0v) is 20.1. The summed E-state index contributed by atoms with van der Waals surface area (Å²) in [6.07, 6.45) is 1.07. The van der Waals surface area contributed by atoms with Crippen LogP contribution in [0.5, 0.6) is 5.75 Å². The van der Waals surface area contributed by atoms with Crippen molar-refractivity contribution in [3.63, 3.8) is 0 Å². The van der Waals surface area contributed by atoms with E-state index < -0.39 is 5.82 Å². The van der Waals surface area contributed by atoms with Crippen molar-refractivity contribution in [1.29, 1.82) is 0 Å². The van der Waals surface area contributed by atoms with Gasteiger partial charge in [0.1, 0.15) is 5.75 Å². The van der Waals surface area contributed by atoms with Gasteiger partial charge in [-0.05, 0) is 49.5 Å². The highest BCUT2D eigenvalue weighted by Crippen LogP contribution is 2.29. The number of halogens is 2. The molecule has 0 aliphatic rings. The number of aromatic nitrogens is 2. The van der Waals surface area contributed by atoms with E-state index in [1.54, 1.807) is 42.5 Å². The molecule has 1 amide bonds. The van der Waals surface area contributed by atoms with Gasteiger partial charge in [-0.2, -0.15) is 4.98 Å². The van der Waals surface area contributed by atoms with Crippen molar-refractivity contribution in [3.05, 3.63) is 65.1 Å². The Bertz CT molecular complexity index is 1110. The van der Waals surface area contributed by atoms with E-state index in [9.17, 15) is 9.18 Å². The molecule has 0 saturated heterocycles. The Kier molecular flexibility index (Phi) is 9.00. The Balaban J connectivity index is 1.63. The van der Waals surface area contributed by atoms with E-state index in [0.29, 0.717) is 34.3 Å². The number of rotatable bonds is 11. The molecule has 3 N–H and O–H groups in total. The molecule has 2 aromatic carbocycles. The van der Waals surface area contributed by atoms with Gasteiger partial charge in [0.05, 0.1) is 18.3 Å². The van der Waals surface area contributed by atoms with E-state index in [1.807, 2.05) is 0 Å². The van der Waals surface area contributed by atoms with E-state index in [0.717, 1.165) is 25.8 Å². The maximum absolute atomic E-state index is 14.3. The molecule has 0 radical (unpaired) electrons. The molecule has 3 aromatic rings. The first kappa shape index (κ1) is 25.2. The molecular formula is C24H28ClFN6O2. The number of likely N-dealkylation sites (N-methyl/N-ethyl adjacent to an activating group) is 1. The Morgan fingerprint density at radius 1 is 1.09 bits per heavy atom. The average Bonchev–Trinajstić information content (AvgIpc) is 2.85. The van der Waals surface area contributed by atoms with E-state index in [-0.39, 0.29) is 17.7 Å². The van der Waals surface area contributed by atoms with Crippen LogP contribution in [0, 0.1) is 5.82 Å². The predicted molar refractivity (Wildman–Crippen MR) is 133 cm³/mol. The summed E-state index contributed by atoms with van der Waals surface area (Å²) in [5.74, 6) is -0.109. The minimum absolute atomic E-state index is 0.00826. The molecule has 180 valence electrons. The van der Waals surface area contributed by atoms with Crippen molar-refractivity contribution in [2.24, 2.45) is 0 Å². The molecule has 0 fully saturated rings. The Morgan fingerprint density at radius 2 is 1.79 bits per heavy atom. The fourth-order valence-corrected chi connectivity index (χ4v) is 3.39. The van der Waals surface area contributed by atoms with Crippen molar-refractivity contribution in [1.82, 2.24) is 20.2 Å². The van der Waals surface area contributed by atoms with E-state index in [2.05, 4.69) is 44.7 Å². The Morgan fingerprint density at radius 3 is 2.47 bits per heavy atom. The number of methoxy groups -OCH3 is 1. The third-order valence-electron chi connectivity index (χ3n) is 5.17. The van der Waals surface area contributed by atoms with Crippen molar-refractivity contribution < 1.29 is 13.9 Å². The first-order valence-corrected chi connectivity index (χ1v) is 11.3. The van der Waals surface area contributed by atoms with Gasteiger partial charge >= 0.3 is 0 Å². The van der Waals surface area contributed by atoms with Crippen LogP contribution in [0.2, 0.25) is 5.02 Å². The van der Waals surface area contributed by atoms with Gasteiger partial charge in [0, 0.05) is 36.1 Å². The number of anilines is 4. The fraction of sp³-hybridized carbons (Fsp3) is 0.292. The van der Waals surface area contributed by atoms with Gasteiger partial charge in [0.15, 0.2) is 11.6 Å². The molecule has 0 saturated carbocycles. The lowest BCUT2D eigenvalue weighted by molar-refractivity contribution is 0.0949. The van der Waals surface area contributed by atoms with Crippen LogP contribution in [0.25, 0.3) is 0 Å². The predicted octanol–water partition coefficient (Wildman–Crippen LogP) is 4.84. The van der Waals surface area contributed by atoms with Crippen molar-refractivity contribution >= 4 is 40.6 Å². The molecule has 1 aromatic heterocycles. The summed E-state index contributed by atoms with van der Waals surface area (Å²) in [7, 11) is 1.50. The molecule has 8 nitrogen and oxygen atoms in total. The SMILES string of the molecule is CCN(CC)CCNC(=O)c1ccc(Nc2ncc(F)c(Nc3ccc(Cl)c(OC)c3)n2)cc1. The number of amides is 1. The number of ether oxygens (including phenoxy) is 1. The van der Waals surface area contributed by atoms with Crippen LogP contribution in [0.15, 0.2) is 48.7 Å². The lowest BCUT2D eigenvalue weighted by Gasteiger charge is -2.18. The number of nitrogens with one attached hydrogen (secondary N) is 3. The number of benzene rings is 2. The van der Waals surface area contributed by atoms with Gasteiger partial charge in [-0.25, -0.2) is 9.37 Å². The highest BCUT2D eigenvalue weighted by atomic mass is 35.5. The highest BCUT2D eigenvalue weighted by Gasteiger charge is 2.11. The number of hydrogen-bond donors (Lipinski definition) is 3. The number of nitrogens with zero attached hydrogens (tertiary/aromatic N) is 3. The van der Waals surface area contributed by atoms with Crippen LogP contribution in [0.3, 0.4) is 0 Å². The number of hydrogen-bond acceptors (Lipinski definition) is 7. The molecule has 34 heavy (non-hydrogen) atoms. The number of carbonyl (C=O) groups excluding carboxylic acids is 1. The summed E-state index contributed by atoms with van der Waals surface area (Å²) < 4.78 is 19.5. The van der Waals surface area contributed by atoms with Crippen LogP contribution in [0.1, 0.15) is 24.2 Å². The Hall–Kier alpha value is -3.43. The van der Waals surface area contributed by atoms with E-state index in [1.165, 1.54) is 7.11 Å². The van der Waals surface area contributed by atoms with E-state index >= 15 is 0 Å². The van der Waals surface area contributed by atoms with Crippen molar-refractivity contribution in [3.8, 4) is 5.75 Å². The number of carbonyl (C=O) groups is 1. The summed E-state index contributed by atoms with van der Waals surface area (Å²) in [4.78, 5) is 22.8. The maximum atomic E-state index is 14.3. The molecule has 0 aliphatic heterocycles. The van der Waals surface area contributed by atoms with Gasteiger partial charge in [-0.15, -0.1) is 0 Å². The summed E-state index contributed by atoms with van der Waals surface area (Å²) in [6, 6.07) is 11.9. The van der Waals surface area contributed by atoms with Gasteiger partial charge < -0.3 is 25.6 Å². The van der Waals surface area contributed by atoms with Crippen molar-refractivity contribution in [2.75, 3.05) is 43.9 Å². The minimum atomic E-state index is -0.615. The largest absolute Gasteiger partial charge is 0.495 e. The van der Waals surface area contributed by atoms with Crippen LogP contribution >= 0.6 is 11.6 Å². The lowest BCUT2D eigenvalue weighted by atomic mass is 10.2. The monoisotopic (exact) mass is 486 g/mol. The van der Waals surface area contributed by atoms with Gasteiger partial charge in [-0.3, -0.25) is 4.79 Å². The molecule has 0 bridgehead atoms. The zero-order chi connectivity index (χ0) is 24.5. The van der Waals surface area contributed by atoms with Gasteiger partial charge in [0.2, 0.25) is 5.95 Å². The third kappa shape index (κ3) is 6.79. The van der Waals surface area contributed by atoms with Crippen LogP contribution < -0.4 is 20.7 Å². The molecule has 0 unspecified atom stereocenters. The first-order valence-electron chi connectivity index (χ1n) is 10.9. The van der Waals surface area contributed by atoms with Crippen LogP contribution in [0.4, 0.5) is 27.5 Å². The zero-order valence-electron chi connectivity index (χ0n) is 19.4. The summed E-state index contributed by atoms with van der Waals surface area (Å²) in [5.41, 5.74) is 1.76. The van der Waals surface area contributed by atoms with Gasteiger partial charge in [0.25, 0.3) is 5.91 Å². The highest BCUT2D eigenvalue weighted by molar-refractivity contribution is 6.32. The lowest BCUT2D eigenvalue weighted by Crippen LogP contribution is -2.34. The van der Waals surface area contributed by atoms with Crippen LogP contribution in [-0.4, -0.2) is 54.1 Å². The topological polar surface area (TPSA) is 91.4 Å². The molecule has 3 rings (SSSR count). The third-order valence-corrected chi connectivity index (χ3v) is 5.48. The summed E-state index contributed by atoms with van der Waals surface area (Å²) in [6.45, 7) is 7.47. The maximum Gasteiger partial charge on any atom is 0.251 e. The quantitative estimate of drug-likeness (QED) is 0.357. The molecule has 0 aliphatic carbocycles. The molecule has 0 atom stereocenters. The van der Waals surface area contributed by atoms with E-state index in [4.69, 9.17) is 16.3 Å². The summed E-state index contributed by atoms with van der Waals surface area (Å²) in [5, 5.41) is 9.28. The fourth-order valence-electron chi connectivity index (χ4n) is 3.19. The summed E-state index contributed by atoms with van der Waals surface area (Å²) >= 11 is 6.04.